The molecule has 4 N–H and O–H groups in total. The Morgan fingerprint density at radius 2 is 1.14 bits per heavy atom. The summed E-state index contributed by atoms with van der Waals surface area (Å²) in [6.07, 6.45) is 0. The molecule has 0 saturated heterocycles. The lowest BCUT2D eigenvalue weighted by molar-refractivity contribution is 0.101. The molecule has 0 spiro atoms. The van der Waals surface area contributed by atoms with E-state index >= 15 is 0 Å². The van der Waals surface area contributed by atoms with Crippen LogP contribution >= 0.6 is 130 Å². The number of halogens is 7. The molecule has 0 fully saturated rings. The highest BCUT2D eigenvalue weighted by atomic mass is 127. The first-order valence-corrected chi connectivity index (χ1v) is 20.3. The van der Waals surface area contributed by atoms with Crippen LogP contribution in [0.3, 0.4) is 0 Å². The van der Waals surface area contributed by atoms with Crippen molar-refractivity contribution in [3.63, 3.8) is 0 Å². The Morgan fingerprint density at radius 1 is 0.640 bits per heavy atom. The van der Waals surface area contributed by atoms with E-state index < -0.39 is 7.12 Å². The Balaban J connectivity index is 0.000000181. The zero-order valence-corrected chi connectivity index (χ0v) is 35.7. The smallest absolute Gasteiger partial charge is 0.423 e. The Bertz CT molecular complexity index is 2120. The highest BCUT2D eigenvalue weighted by Crippen LogP contribution is 2.33. The summed E-state index contributed by atoms with van der Waals surface area (Å²) < 4.78 is 2.85. The number of hydrogen-bond donors (Lipinski definition) is 4. The lowest BCUT2D eigenvalue weighted by Crippen LogP contribution is -2.29. The number of anilines is 2. The topological polar surface area (TPSA) is 98.7 Å². The molecule has 0 aliphatic carbocycles. The first-order chi connectivity index (χ1) is 23.8. The van der Waals surface area contributed by atoms with E-state index in [0.29, 0.717) is 31.1 Å². The number of hydrogen-bond acceptors (Lipinski definition) is 6. The van der Waals surface area contributed by atoms with Gasteiger partial charge in [-0.15, -0.1) is 22.7 Å². The Kier molecular flexibility index (Phi) is 16.4. The van der Waals surface area contributed by atoms with Gasteiger partial charge in [-0.25, -0.2) is 0 Å². The second kappa shape index (κ2) is 19.9. The molecule has 0 unspecified atom stereocenters. The third kappa shape index (κ3) is 11.7. The molecule has 0 atom stereocenters. The second-order valence-corrected chi connectivity index (χ2v) is 17.8. The van der Waals surface area contributed by atoms with E-state index in [0.717, 1.165) is 38.3 Å². The third-order valence-electron chi connectivity index (χ3n) is 6.49. The normalized spacial score (nSPS) is 10.3. The average Bonchev–Trinajstić information content (AvgIpc) is 3.73. The second-order valence-electron chi connectivity index (χ2n) is 9.83. The largest absolute Gasteiger partial charge is 0.488 e. The van der Waals surface area contributed by atoms with Gasteiger partial charge >= 0.3 is 7.12 Å². The molecule has 2 heterocycles. The highest BCUT2D eigenvalue weighted by Gasteiger charge is 2.15. The van der Waals surface area contributed by atoms with Crippen LogP contribution < -0.4 is 16.1 Å². The van der Waals surface area contributed by atoms with Crippen molar-refractivity contribution in [2.75, 3.05) is 10.6 Å². The molecule has 6 nitrogen and oxygen atoms in total. The molecule has 0 radical (unpaired) electrons. The maximum Gasteiger partial charge on any atom is 0.488 e. The highest BCUT2D eigenvalue weighted by molar-refractivity contribution is 14.1. The number of carbonyl (C=O) groups is 2. The van der Waals surface area contributed by atoms with Gasteiger partial charge in [-0.05, 0) is 137 Å². The molecule has 4 aromatic carbocycles. The maximum atomic E-state index is 12.4. The fraction of sp³-hybridized carbons (Fsp3) is 0. The fourth-order valence-electron chi connectivity index (χ4n) is 4.03. The van der Waals surface area contributed by atoms with E-state index in [1.807, 2.05) is 77.5 Å². The van der Waals surface area contributed by atoms with E-state index in [4.69, 9.17) is 56.5 Å². The average molecular weight is 1070 g/mol. The molecule has 256 valence electrons. The summed E-state index contributed by atoms with van der Waals surface area (Å²) in [5, 5.41) is 28.8. The van der Waals surface area contributed by atoms with Crippen LogP contribution in [0.25, 0.3) is 11.1 Å². The van der Waals surface area contributed by atoms with Gasteiger partial charge in [0.25, 0.3) is 11.8 Å². The number of thiophene rings is 2. The number of benzene rings is 4. The van der Waals surface area contributed by atoms with Gasteiger partial charge in [-0.3, -0.25) is 9.59 Å². The Morgan fingerprint density at radius 3 is 1.64 bits per heavy atom. The first kappa shape index (κ1) is 41.1. The predicted molar refractivity (Wildman–Crippen MR) is 232 cm³/mol. The van der Waals surface area contributed by atoms with Crippen molar-refractivity contribution in [1.29, 1.82) is 0 Å². The van der Waals surface area contributed by atoms with Gasteiger partial charge in [0.2, 0.25) is 0 Å². The van der Waals surface area contributed by atoms with Gasteiger partial charge in [-0.2, -0.15) is 0 Å². The van der Waals surface area contributed by atoms with Gasteiger partial charge < -0.3 is 20.7 Å². The molecular weight excluding hydrogens is 1050 g/mol. The zero-order chi connectivity index (χ0) is 36.4. The van der Waals surface area contributed by atoms with E-state index in [1.165, 1.54) is 18.2 Å². The molecule has 2 aromatic heterocycles. The van der Waals surface area contributed by atoms with Crippen molar-refractivity contribution in [2.24, 2.45) is 0 Å². The molecule has 16 heteroatoms. The minimum atomic E-state index is -1.50. The maximum absolute atomic E-state index is 12.4. The van der Waals surface area contributed by atoms with Crippen molar-refractivity contribution in [3.8, 4) is 11.1 Å². The van der Waals surface area contributed by atoms with Crippen molar-refractivity contribution < 1.29 is 19.6 Å². The summed E-state index contributed by atoms with van der Waals surface area (Å²) >= 11 is 34.1. The lowest BCUT2D eigenvalue weighted by atomic mass is 9.80. The minimum Gasteiger partial charge on any atom is -0.423 e. The van der Waals surface area contributed by atoms with E-state index in [1.54, 1.807) is 34.8 Å². The van der Waals surface area contributed by atoms with E-state index in [2.05, 4.69) is 71.7 Å². The summed E-state index contributed by atoms with van der Waals surface area (Å²) in [5.74, 6) is -0.194. The first-order valence-electron chi connectivity index (χ1n) is 14.0. The van der Waals surface area contributed by atoms with Crippen LogP contribution in [0.5, 0.6) is 0 Å². The predicted octanol–water partition coefficient (Wildman–Crippen LogP) is 11.6. The van der Waals surface area contributed by atoms with Crippen LogP contribution in [0, 0.1) is 5.77 Å². The van der Waals surface area contributed by atoms with Crippen molar-refractivity contribution in [1.82, 2.24) is 0 Å². The molecule has 0 aliphatic rings. The number of carbonyl (C=O) groups excluding carboxylic acids is 2. The van der Waals surface area contributed by atoms with Crippen molar-refractivity contribution in [2.45, 2.75) is 0 Å². The Labute approximate surface area is 352 Å². The summed E-state index contributed by atoms with van der Waals surface area (Å²) in [5.41, 5.74) is 5.05. The van der Waals surface area contributed by atoms with E-state index in [9.17, 15) is 9.59 Å². The summed E-state index contributed by atoms with van der Waals surface area (Å²) in [6.45, 7) is 0. The number of rotatable bonds is 6. The Hall–Kier alpha value is -1.70. The van der Waals surface area contributed by atoms with Crippen LogP contribution in [0.4, 0.5) is 11.4 Å². The third-order valence-corrected chi connectivity index (χ3v) is 12.8. The van der Waals surface area contributed by atoms with Gasteiger partial charge in [0, 0.05) is 15.7 Å². The summed E-state index contributed by atoms with van der Waals surface area (Å²) in [7, 11) is -1.50. The van der Waals surface area contributed by atoms with Crippen molar-refractivity contribution >= 4 is 166 Å². The van der Waals surface area contributed by atoms with Crippen molar-refractivity contribution in [3.05, 3.63) is 149 Å². The monoisotopic (exact) mass is 1070 g/mol. The summed E-state index contributed by atoms with van der Waals surface area (Å²) in [6, 6.07) is 28.7. The number of nitrogens with one attached hydrogen (secondary N) is 2. The number of amides is 2. The molecule has 50 heavy (non-hydrogen) atoms. The minimum absolute atomic E-state index is 0.0717. The molecule has 0 aliphatic heterocycles. The molecule has 2 amide bonds. The van der Waals surface area contributed by atoms with Crippen LogP contribution in [-0.4, -0.2) is 29.0 Å². The molecular formula is C34H22BBrCl4I2N2O4S2. The summed E-state index contributed by atoms with van der Waals surface area (Å²) in [4.78, 5) is 24.4. The lowest BCUT2D eigenvalue weighted by Gasteiger charge is -2.12. The van der Waals surface area contributed by atoms with Gasteiger partial charge in [0.1, 0.15) is 0 Å². The molecule has 0 bridgehead atoms. The standard InChI is InChI=1S/C17H10Cl2INOS.C11H7BrINOS.C6H5BCl2O2/c18-13-6-5-10(9-14(13)19)11-3-1-2-4-15(11)21-17(22)12-7-8-23-16(12)20;12-8-3-1-2-4-9(8)14-11(15)7-5-6-16-10(7)13;8-5-2-1-4(7(10)11)3-6(5)9/h1-9H,(H,21,22);1-6H,(H,14,15);1-3,10-11H. The quantitative estimate of drug-likeness (QED) is 0.0987. The van der Waals surface area contributed by atoms with Gasteiger partial charge in [0.05, 0.1) is 42.7 Å². The van der Waals surface area contributed by atoms with Crippen LogP contribution in [-0.2, 0) is 0 Å². The molecule has 6 rings (SSSR count). The zero-order valence-electron chi connectivity index (χ0n) is 25.1. The van der Waals surface area contributed by atoms with E-state index in [-0.39, 0.29) is 11.8 Å². The van der Waals surface area contributed by atoms with Crippen LogP contribution in [0.15, 0.2) is 112 Å². The number of para-hydroxylation sites is 2. The van der Waals surface area contributed by atoms with Crippen LogP contribution in [0.1, 0.15) is 20.7 Å². The molecule has 6 aromatic rings. The van der Waals surface area contributed by atoms with Gasteiger partial charge in [-0.1, -0.05) is 88.9 Å². The molecule has 0 saturated carbocycles. The SMILES string of the molecule is O=C(Nc1ccccc1-c1ccc(Cl)c(Cl)c1)c1ccsc1I.O=C(Nc1ccccc1Br)c1ccsc1I.OB(O)c1ccc(Cl)c(Cl)c1. The van der Waals surface area contributed by atoms with Gasteiger partial charge in [0.15, 0.2) is 0 Å². The van der Waals surface area contributed by atoms with Crippen LogP contribution in [0.2, 0.25) is 20.1 Å². The fourth-order valence-corrected chi connectivity index (χ4v) is 7.98.